The van der Waals surface area contributed by atoms with E-state index in [4.69, 9.17) is 23.2 Å². The van der Waals surface area contributed by atoms with Crippen molar-refractivity contribution in [1.29, 1.82) is 0 Å². The lowest BCUT2D eigenvalue weighted by molar-refractivity contribution is 0.0955. The number of benzene rings is 1. The third-order valence-corrected chi connectivity index (χ3v) is 3.91. The van der Waals surface area contributed by atoms with Crippen LogP contribution in [0.1, 0.15) is 22.2 Å². The number of thiophene rings is 1. The summed E-state index contributed by atoms with van der Waals surface area (Å²) in [7, 11) is 0. The van der Waals surface area contributed by atoms with Gasteiger partial charge in [0.1, 0.15) is 0 Å². The van der Waals surface area contributed by atoms with Gasteiger partial charge in [0.15, 0.2) is 0 Å². The van der Waals surface area contributed by atoms with Crippen LogP contribution in [0.25, 0.3) is 0 Å². The summed E-state index contributed by atoms with van der Waals surface area (Å²) in [6.45, 7) is 1.83. The van der Waals surface area contributed by atoms with E-state index in [1.54, 1.807) is 23.5 Å². The third-order valence-electron chi connectivity index (χ3n) is 2.38. The molecule has 1 aromatic carbocycles. The van der Waals surface area contributed by atoms with E-state index in [2.05, 4.69) is 10.5 Å². The van der Waals surface area contributed by atoms with Gasteiger partial charge in [-0.15, -0.1) is 11.3 Å². The van der Waals surface area contributed by atoms with Crippen molar-refractivity contribution in [2.45, 2.75) is 6.92 Å². The topological polar surface area (TPSA) is 41.5 Å². The minimum atomic E-state index is -0.363. The minimum Gasteiger partial charge on any atom is -0.267 e. The molecular weight excluding hydrogens is 303 g/mol. The standard InChI is InChI=1S/C13H10Cl2N2OS/c1-8(12-3-2-6-19-12)16-17-13(18)10-5-4-9(14)7-11(10)15/h2-7H,1H3,(H,17,18)/b16-8+. The second-order valence-electron chi connectivity index (χ2n) is 3.74. The number of hydrogen-bond acceptors (Lipinski definition) is 3. The van der Waals surface area contributed by atoms with Crippen LogP contribution < -0.4 is 5.43 Å². The molecule has 0 saturated carbocycles. The maximum Gasteiger partial charge on any atom is 0.272 e. The Labute approximate surface area is 124 Å². The second-order valence-corrected chi connectivity index (χ2v) is 5.53. The molecule has 0 bridgehead atoms. The van der Waals surface area contributed by atoms with Crippen molar-refractivity contribution in [2.24, 2.45) is 5.10 Å². The first-order valence-electron chi connectivity index (χ1n) is 5.41. The smallest absolute Gasteiger partial charge is 0.267 e. The zero-order valence-electron chi connectivity index (χ0n) is 9.98. The fourth-order valence-electron chi connectivity index (χ4n) is 1.41. The number of rotatable bonds is 3. The molecule has 0 spiro atoms. The number of carbonyl (C=O) groups excluding carboxylic acids is 1. The highest BCUT2D eigenvalue weighted by atomic mass is 35.5. The van der Waals surface area contributed by atoms with E-state index < -0.39 is 0 Å². The molecule has 98 valence electrons. The van der Waals surface area contributed by atoms with Crippen molar-refractivity contribution in [3.05, 3.63) is 56.2 Å². The zero-order chi connectivity index (χ0) is 13.8. The van der Waals surface area contributed by atoms with Crippen LogP contribution in [0, 0.1) is 0 Å². The average Bonchev–Trinajstić information content (AvgIpc) is 2.89. The van der Waals surface area contributed by atoms with Gasteiger partial charge in [-0.3, -0.25) is 4.79 Å². The molecule has 2 rings (SSSR count). The Morgan fingerprint density at radius 1 is 1.32 bits per heavy atom. The largest absolute Gasteiger partial charge is 0.272 e. The summed E-state index contributed by atoms with van der Waals surface area (Å²) in [5.74, 6) is -0.363. The fraction of sp³-hybridized carbons (Fsp3) is 0.0769. The van der Waals surface area contributed by atoms with Gasteiger partial charge in [-0.1, -0.05) is 29.3 Å². The van der Waals surface area contributed by atoms with Crippen LogP contribution in [0.2, 0.25) is 10.0 Å². The van der Waals surface area contributed by atoms with Crippen molar-refractivity contribution in [3.8, 4) is 0 Å². The van der Waals surface area contributed by atoms with Crippen molar-refractivity contribution in [2.75, 3.05) is 0 Å². The first-order valence-corrected chi connectivity index (χ1v) is 7.05. The molecule has 0 atom stereocenters. The first kappa shape index (κ1) is 14.1. The lowest BCUT2D eigenvalue weighted by atomic mass is 10.2. The Bertz CT molecular complexity index is 624. The summed E-state index contributed by atoms with van der Waals surface area (Å²) in [5.41, 5.74) is 3.56. The molecular formula is C13H10Cl2N2OS. The third kappa shape index (κ3) is 3.56. The molecule has 6 heteroatoms. The maximum atomic E-state index is 11.9. The molecule has 19 heavy (non-hydrogen) atoms. The Hall–Kier alpha value is -1.36. The van der Waals surface area contributed by atoms with Gasteiger partial charge in [0.25, 0.3) is 5.91 Å². The molecule has 0 unspecified atom stereocenters. The Kier molecular flexibility index (Phi) is 4.58. The van der Waals surface area contributed by atoms with Crippen molar-refractivity contribution in [1.82, 2.24) is 5.43 Å². The Balaban J connectivity index is 2.11. The summed E-state index contributed by atoms with van der Waals surface area (Å²) >= 11 is 13.3. The summed E-state index contributed by atoms with van der Waals surface area (Å²) in [5, 5.41) is 6.78. The fourth-order valence-corrected chi connectivity index (χ4v) is 2.58. The molecule has 0 saturated heterocycles. The van der Waals surface area contributed by atoms with E-state index in [9.17, 15) is 4.79 Å². The number of nitrogens with one attached hydrogen (secondary N) is 1. The summed E-state index contributed by atoms with van der Waals surface area (Å²) in [4.78, 5) is 12.9. The molecule has 1 heterocycles. The molecule has 1 amide bonds. The first-order chi connectivity index (χ1) is 9.08. The highest BCUT2D eigenvalue weighted by molar-refractivity contribution is 7.12. The van der Waals surface area contributed by atoms with Crippen LogP contribution in [0.5, 0.6) is 0 Å². The molecule has 1 aromatic heterocycles. The highest BCUT2D eigenvalue weighted by Gasteiger charge is 2.10. The molecule has 0 aliphatic heterocycles. The summed E-state index contributed by atoms with van der Waals surface area (Å²) < 4.78 is 0. The van der Waals surface area contributed by atoms with Crippen molar-refractivity contribution < 1.29 is 4.79 Å². The predicted octanol–water partition coefficient (Wildman–Crippen LogP) is 4.21. The molecule has 1 N–H and O–H groups in total. The van der Waals surface area contributed by atoms with Gasteiger partial charge in [-0.05, 0) is 36.6 Å². The number of amides is 1. The summed E-state index contributed by atoms with van der Waals surface area (Å²) in [6, 6.07) is 8.56. The quantitative estimate of drug-likeness (QED) is 0.669. The van der Waals surface area contributed by atoms with E-state index in [0.717, 1.165) is 10.6 Å². The highest BCUT2D eigenvalue weighted by Crippen LogP contribution is 2.20. The van der Waals surface area contributed by atoms with Crippen LogP contribution in [0.4, 0.5) is 0 Å². The van der Waals surface area contributed by atoms with Crippen molar-refractivity contribution in [3.63, 3.8) is 0 Å². The number of hydrogen-bond donors (Lipinski definition) is 1. The van der Waals surface area contributed by atoms with E-state index in [-0.39, 0.29) is 5.91 Å². The molecule has 2 aromatic rings. The second kappa shape index (κ2) is 6.19. The number of carbonyl (C=O) groups is 1. The minimum absolute atomic E-state index is 0.300. The Morgan fingerprint density at radius 2 is 2.11 bits per heavy atom. The normalized spacial score (nSPS) is 11.4. The van der Waals surface area contributed by atoms with Gasteiger partial charge >= 0.3 is 0 Å². The van der Waals surface area contributed by atoms with Crippen LogP contribution >= 0.6 is 34.5 Å². The van der Waals surface area contributed by atoms with E-state index in [1.165, 1.54) is 6.07 Å². The van der Waals surface area contributed by atoms with Crippen LogP contribution in [0.3, 0.4) is 0 Å². The van der Waals surface area contributed by atoms with Gasteiger partial charge < -0.3 is 0 Å². The number of nitrogens with zero attached hydrogens (tertiary/aromatic N) is 1. The maximum absolute atomic E-state index is 11.9. The van der Waals surface area contributed by atoms with E-state index >= 15 is 0 Å². The van der Waals surface area contributed by atoms with Crippen LogP contribution in [-0.2, 0) is 0 Å². The Morgan fingerprint density at radius 3 is 2.74 bits per heavy atom. The van der Waals surface area contributed by atoms with Gasteiger partial charge in [0.2, 0.25) is 0 Å². The molecule has 0 aliphatic carbocycles. The average molecular weight is 313 g/mol. The number of halogens is 2. The monoisotopic (exact) mass is 312 g/mol. The van der Waals surface area contributed by atoms with Crippen LogP contribution in [0.15, 0.2) is 40.8 Å². The SMILES string of the molecule is C/C(=N\NC(=O)c1ccc(Cl)cc1Cl)c1cccs1. The molecule has 3 nitrogen and oxygen atoms in total. The van der Waals surface area contributed by atoms with Gasteiger partial charge in [-0.2, -0.15) is 5.10 Å². The molecule has 0 fully saturated rings. The molecule has 0 radical (unpaired) electrons. The van der Waals surface area contributed by atoms with Gasteiger partial charge in [0.05, 0.1) is 16.3 Å². The van der Waals surface area contributed by atoms with Gasteiger partial charge in [-0.25, -0.2) is 5.43 Å². The number of hydrazone groups is 1. The van der Waals surface area contributed by atoms with E-state index in [1.807, 2.05) is 24.4 Å². The van der Waals surface area contributed by atoms with Gasteiger partial charge in [0, 0.05) is 9.90 Å². The summed E-state index contributed by atoms with van der Waals surface area (Å²) in [6.07, 6.45) is 0. The van der Waals surface area contributed by atoms with Crippen molar-refractivity contribution >= 4 is 46.2 Å². The lowest BCUT2D eigenvalue weighted by Crippen LogP contribution is -2.19. The predicted molar refractivity (Wildman–Crippen MR) is 80.5 cm³/mol. The lowest BCUT2D eigenvalue weighted by Gasteiger charge is -2.04. The zero-order valence-corrected chi connectivity index (χ0v) is 12.3. The molecule has 0 aliphatic rings. The van der Waals surface area contributed by atoms with E-state index in [0.29, 0.717) is 15.6 Å². The van der Waals surface area contributed by atoms with Crippen LogP contribution in [-0.4, -0.2) is 11.6 Å².